The van der Waals surface area contributed by atoms with Gasteiger partial charge in [-0.05, 0) is 54.8 Å². The van der Waals surface area contributed by atoms with E-state index in [-0.39, 0.29) is 12.2 Å². The van der Waals surface area contributed by atoms with Crippen LogP contribution in [0.5, 0.6) is 0 Å². The number of aromatic nitrogens is 2. The van der Waals surface area contributed by atoms with E-state index in [2.05, 4.69) is 44.1 Å². The third-order valence-electron chi connectivity index (χ3n) is 4.26. The Bertz CT molecular complexity index is 945. The van der Waals surface area contributed by atoms with Crippen LogP contribution < -0.4 is 0 Å². The van der Waals surface area contributed by atoms with E-state index in [0.717, 1.165) is 32.4 Å². The molecule has 0 aliphatic rings. The Morgan fingerprint density at radius 1 is 1.04 bits per heavy atom. The van der Waals surface area contributed by atoms with Gasteiger partial charge in [0.05, 0.1) is 6.42 Å². The number of Topliss-reactive ketones (excluding diaryl/α,β-unsaturated/α-hetero) is 1. The number of ketones is 1. The van der Waals surface area contributed by atoms with E-state index < -0.39 is 0 Å². The number of halogens is 1. The summed E-state index contributed by atoms with van der Waals surface area (Å²) in [6.07, 6.45) is 7.49. The van der Waals surface area contributed by atoms with Crippen molar-refractivity contribution < 1.29 is 4.79 Å². The number of nitrogens with zero attached hydrogens (tertiary/aromatic N) is 2. The number of aryl methyl sites for hydroxylation is 1. The van der Waals surface area contributed by atoms with E-state index in [1.807, 2.05) is 50.4 Å². The molecule has 0 aliphatic heterocycles. The molecule has 26 heavy (non-hydrogen) atoms. The molecule has 130 valence electrons. The second kappa shape index (κ2) is 8.19. The van der Waals surface area contributed by atoms with Crippen molar-refractivity contribution in [2.45, 2.75) is 20.3 Å². The van der Waals surface area contributed by atoms with E-state index in [1.165, 1.54) is 0 Å². The lowest BCUT2D eigenvalue weighted by atomic mass is 9.98. The Labute approximate surface area is 162 Å². The van der Waals surface area contributed by atoms with Gasteiger partial charge in [-0.15, -0.1) is 0 Å². The fraction of sp³-hybridized carbons (Fsp3) is 0.136. The van der Waals surface area contributed by atoms with Crippen molar-refractivity contribution in [3.63, 3.8) is 0 Å². The molecule has 3 aromatic rings. The lowest BCUT2D eigenvalue weighted by molar-refractivity contribution is 0.0991. The molecule has 0 bridgehead atoms. The molecule has 2 aromatic heterocycles. The van der Waals surface area contributed by atoms with Crippen molar-refractivity contribution in [2.75, 3.05) is 0 Å². The van der Waals surface area contributed by atoms with Gasteiger partial charge in [-0.1, -0.05) is 40.2 Å². The largest absolute Gasteiger partial charge is 0.294 e. The molecule has 0 N–H and O–H groups in total. The van der Waals surface area contributed by atoms with Crippen LogP contribution >= 0.6 is 15.9 Å². The number of hydrogen-bond donors (Lipinski definition) is 0. The van der Waals surface area contributed by atoms with Crippen molar-refractivity contribution in [1.29, 1.82) is 0 Å². The Hall–Kier alpha value is -2.59. The summed E-state index contributed by atoms with van der Waals surface area (Å²) in [7, 11) is 0. The summed E-state index contributed by atoms with van der Waals surface area (Å²) in [6, 6.07) is 14.0. The van der Waals surface area contributed by atoms with Gasteiger partial charge < -0.3 is 0 Å². The standard InChI is InChI=1S/C22H19BrN2O/c1-3-20(16-4-7-18(23)8-5-16)17-6-9-19(25-13-17)12-22(26)21-14-24-11-10-15(21)2/h3-11,13-14H,12H2,1-2H3/b20-3-. The summed E-state index contributed by atoms with van der Waals surface area (Å²) >= 11 is 3.46. The van der Waals surface area contributed by atoms with Crippen molar-refractivity contribution in [3.05, 3.63) is 99.6 Å². The van der Waals surface area contributed by atoms with Gasteiger partial charge in [0, 0.05) is 39.9 Å². The van der Waals surface area contributed by atoms with E-state index in [0.29, 0.717) is 5.56 Å². The van der Waals surface area contributed by atoms with Crippen LogP contribution in [0.4, 0.5) is 0 Å². The van der Waals surface area contributed by atoms with Crippen LogP contribution in [0, 0.1) is 6.92 Å². The maximum Gasteiger partial charge on any atom is 0.170 e. The highest BCUT2D eigenvalue weighted by molar-refractivity contribution is 9.10. The summed E-state index contributed by atoms with van der Waals surface area (Å²) in [6.45, 7) is 3.93. The molecule has 3 nitrogen and oxygen atoms in total. The number of benzene rings is 1. The first-order valence-electron chi connectivity index (χ1n) is 8.40. The van der Waals surface area contributed by atoms with E-state index in [1.54, 1.807) is 12.4 Å². The molecule has 1 aromatic carbocycles. The molecule has 0 atom stereocenters. The molecule has 0 amide bonds. The van der Waals surface area contributed by atoms with Gasteiger partial charge in [-0.3, -0.25) is 14.8 Å². The molecule has 0 unspecified atom stereocenters. The average Bonchev–Trinajstić information content (AvgIpc) is 2.65. The second-order valence-corrected chi connectivity index (χ2v) is 6.95. The number of pyridine rings is 2. The topological polar surface area (TPSA) is 42.9 Å². The fourth-order valence-corrected chi connectivity index (χ4v) is 3.10. The predicted octanol–water partition coefficient (Wildman–Crippen LogP) is 5.42. The second-order valence-electron chi connectivity index (χ2n) is 6.04. The number of hydrogen-bond acceptors (Lipinski definition) is 3. The van der Waals surface area contributed by atoms with Gasteiger partial charge in [0.2, 0.25) is 0 Å². The molecule has 2 heterocycles. The van der Waals surface area contributed by atoms with Crippen molar-refractivity contribution in [2.24, 2.45) is 0 Å². The Kier molecular flexibility index (Phi) is 5.74. The normalized spacial score (nSPS) is 11.4. The summed E-state index contributed by atoms with van der Waals surface area (Å²) < 4.78 is 1.05. The quantitative estimate of drug-likeness (QED) is 0.530. The van der Waals surface area contributed by atoms with E-state index in [9.17, 15) is 4.79 Å². The molecule has 0 spiro atoms. The SMILES string of the molecule is C/C=C(/c1ccc(Br)cc1)c1ccc(CC(=O)c2cnccc2C)nc1. The Morgan fingerprint density at radius 3 is 2.38 bits per heavy atom. The van der Waals surface area contributed by atoms with Crippen molar-refractivity contribution in [1.82, 2.24) is 9.97 Å². The molecular formula is C22H19BrN2O. The van der Waals surface area contributed by atoms with E-state index in [4.69, 9.17) is 0 Å². The molecule has 0 saturated heterocycles. The highest BCUT2D eigenvalue weighted by Gasteiger charge is 2.11. The zero-order valence-electron chi connectivity index (χ0n) is 14.7. The maximum absolute atomic E-state index is 12.5. The predicted molar refractivity (Wildman–Crippen MR) is 108 cm³/mol. The minimum Gasteiger partial charge on any atom is -0.294 e. The molecule has 0 saturated carbocycles. The number of carbonyl (C=O) groups excluding carboxylic acids is 1. The first-order chi connectivity index (χ1) is 12.6. The summed E-state index contributed by atoms with van der Waals surface area (Å²) in [4.78, 5) is 21.0. The van der Waals surface area contributed by atoms with E-state index >= 15 is 0 Å². The van der Waals surface area contributed by atoms with Crippen LogP contribution in [0.1, 0.15) is 39.7 Å². The smallest absolute Gasteiger partial charge is 0.170 e. The van der Waals surface area contributed by atoms with Gasteiger partial charge >= 0.3 is 0 Å². The van der Waals surface area contributed by atoms with Crippen LogP contribution in [-0.2, 0) is 6.42 Å². The van der Waals surface area contributed by atoms with Crippen LogP contribution in [0.3, 0.4) is 0 Å². The maximum atomic E-state index is 12.5. The number of carbonyl (C=O) groups is 1. The van der Waals surface area contributed by atoms with Crippen LogP contribution in [-0.4, -0.2) is 15.8 Å². The summed E-state index contributed by atoms with van der Waals surface area (Å²) in [5.41, 5.74) is 5.63. The lowest BCUT2D eigenvalue weighted by Gasteiger charge is -2.09. The zero-order chi connectivity index (χ0) is 18.5. The monoisotopic (exact) mass is 406 g/mol. The molecule has 3 rings (SSSR count). The number of rotatable bonds is 5. The first kappa shape index (κ1) is 18.2. The highest BCUT2D eigenvalue weighted by Crippen LogP contribution is 2.24. The fourth-order valence-electron chi connectivity index (χ4n) is 2.83. The van der Waals surface area contributed by atoms with Crippen LogP contribution in [0.15, 0.2) is 71.6 Å². The molecular weight excluding hydrogens is 388 g/mol. The Balaban J connectivity index is 1.79. The van der Waals surface area contributed by atoms with Gasteiger partial charge in [-0.25, -0.2) is 0 Å². The zero-order valence-corrected chi connectivity index (χ0v) is 16.3. The molecule has 4 heteroatoms. The minimum atomic E-state index is 0.0371. The molecule has 0 radical (unpaired) electrons. The minimum absolute atomic E-state index is 0.0371. The van der Waals surface area contributed by atoms with Crippen molar-refractivity contribution >= 4 is 27.3 Å². The first-order valence-corrected chi connectivity index (χ1v) is 9.19. The summed E-state index contributed by atoms with van der Waals surface area (Å²) in [5, 5.41) is 0. The van der Waals surface area contributed by atoms with Gasteiger partial charge in [0.15, 0.2) is 5.78 Å². The average molecular weight is 407 g/mol. The Morgan fingerprint density at radius 2 is 1.77 bits per heavy atom. The van der Waals surface area contributed by atoms with Crippen molar-refractivity contribution in [3.8, 4) is 0 Å². The lowest BCUT2D eigenvalue weighted by Crippen LogP contribution is -2.07. The highest BCUT2D eigenvalue weighted by atomic mass is 79.9. The van der Waals surface area contributed by atoms with Crippen LogP contribution in [0.2, 0.25) is 0 Å². The summed E-state index contributed by atoms with van der Waals surface area (Å²) in [5.74, 6) is 0.0371. The number of allylic oxidation sites excluding steroid dienone is 1. The van der Waals surface area contributed by atoms with Gasteiger partial charge in [0.1, 0.15) is 0 Å². The van der Waals surface area contributed by atoms with Crippen LogP contribution in [0.25, 0.3) is 5.57 Å². The third kappa shape index (κ3) is 4.14. The molecule has 0 aliphatic carbocycles. The third-order valence-corrected chi connectivity index (χ3v) is 4.79. The molecule has 0 fully saturated rings. The van der Waals surface area contributed by atoms with Gasteiger partial charge in [0.25, 0.3) is 0 Å². The van der Waals surface area contributed by atoms with Gasteiger partial charge in [-0.2, -0.15) is 0 Å².